The zero-order valence-electron chi connectivity index (χ0n) is 15.1. The van der Waals surface area contributed by atoms with E-state index in [0.29, 0.717) is 6.54 Å². The van der Waals surface area contributed by atoms with E-state index in [-0.39, 0.29) is 24.4 Å². The maximum atomic E-state index is 13.2. The molecule has 0 heterocycles. The van der Waals surface area contributed by atoms with E-state index in [9.17, 15) is 9.59 Å². The summed E-state index contributed by atoms with van der Waals surface area (Å²) in [5.41, 5.74) is 1.86. The lowest BCUT2D eigenvalue weighted by Gasteiger charge is -2.27. The van der Waals surface area contributed by atoms with Crippen LogP contribution >= 0.6 is 0 Å². The summed E-state index contributed by atoms with van der Waals surface area (Å²) in [5, 5.41) is 2.85. The normalized spacial score (nSPS) is 10.8. The van der Waals surface area contributed by atoms with Crippen LogP contribution in [0.15, 0.2) is 60.7 Å². The van der Waals surface area contributed by atoms with Gasteiger partial charge in [0.15, 0.2) is 0 Å². The number of carbonyl (C=O) groups is 2. The van der Waals surface area contributed by atoms with Crippen molar-refractivity contribution in [2.24, 2.45) is 0 Å². The van der Waals surface area contributed by atoms with Crippen LogP contribution in [0.2, 0.25) is 0 Å². The molecule has 0 saturated carbocycles. The summed E-state index contributed by atoms with van der Waals surface area (Å²) in [5.74, 6) is -0.599. The highest BCUT2D eigenvalue weighted by molar-refractivity contribution is 5.90. The fraction of sp³-hybridized carbons (Fsp3) is 0.333. The third-order valence-corrected chi connectivity index (χ3v) is 3.99. The highest BCUT2D eigenvalue weighted by Gasteiger charge is 2.27. The molecule has 0 aliphatic heterocycles. The van der Waals surface area contributed by atoms with Gasteiger partial charge in [-0.25, -0.2) is 0 Å². The van der Waals surface area contributed by atoms with E-state index in [1.54, 1.807) is 4.90 Å². The number of nitrogens with zero attached hydrogens (tertiary/aromatic N) is 1. The molecule has 25 heavy (non-hydrogen) atoms. The Morgan fingerprint density at radius 1 is 0.920 bits per heavy atom. The zero-order chi connectivity index (χ0) is 18.2. The third kappa shape index (κ3) is 5.18. The van der Waals surface area contributed by atoms with Gasteiger partial charge in [0.1, 0.15) is 0 Å². The van der Waals surface area contributed by atoms with Gasteiger partial charge in [-0.15, -0.1) is 0 Å². The number of hydrogen-bond acceptors (Lipinski definition) is 2. The Kier molecular flexibility index (Phi) is 6.75. The summed E-state index contributed by atoms with van der Waals surface area (Å²) < 4.78 is 0. The second-order valence-corrected chi connectivity index (χ2v) is 6.33. The molecule has 0 bridgehead atoms. The zero-order valence-corrected chi connectivity index (χ0v) is 15.1. The summed E-state index contributed by atoms with van der Waals surface area (Å²) in [7, 11) is 0. The number of likely N-dealkylation sites (N-methyl/N-ethyl adjacent to an activating group) is 1. The van der Waals surface area contributed by atoms with Crippen LogP contribution < -0.4 is 5.32 Å². The molecule has 0 atom stereocenters. The topological polar surface area (TPSA) is 49.4 Å². The maximum Gasteiger partial charge on any atom is 0.239 e. The van der Waals surface area contributed by atoms with Crippen LogP contribution in [0.1, 0.15) is 37.8 Å². The Morgan fingerprint density at radius 2 is 1.40 bits per heavy atom. The van der Waals surface area contributed by atoms with E-state index < -0.39 is 5.92 Å². The third-order valence-electron chi connectivity index (χ3n) is 3.99. The summed E-state index contributed by atoms with van der Waals surface area (Å²) in [6.07, 6.45) is 0. The van der Waals surface area contributed by atoms with Crippen molar-refractivity contribution in [1.29, 1.82) is 0 Å². The van der Waals surface area contributed by atoms with E-state index in [0.717, 1.165) is 11.1 Å². The van der Waals surface area contributed by atoms with Gasteiger partial charge in [-0.3, -0.25) is 9.59 Å². The largest absolute Gasteiger partial charge is 0.352 e. The molecule has 2 amide bonds. The fourth-order valence-corrected chi connectivity index (χ4v) is 2.84. The molecule has 0 aliphatic rings. The molecular weight excluding hydrogens is 312 g/mol. The Balaban J connectivity index is 2.29. The highest BCUT2D eigenvalue weighted by Crippen LogP contribution is 2.26. The first-order chi connectivity index (χ1) is 12.0. The fourth-order valence-electron chi connectivity index (χ4n) is 2.84. The molecule has 0 aromatic heterocycles. The average molecular weight is 338 g/mol. The predicted octanol–water partition coefficient (Wildman–Crippen LogP) is 3.19. The minimum Gasteiger partial charge on any atom is -0.352 e. The molecule has 1 N–H and O–H groups in total. The number of carbonyl (C=O) groups excluding carboxylic acids is 2. The van der Waals surface area contributed by atoms with Gasteiger partial charge in [0.2, 0.25) is 11.8 Å². The molecule has 2 rings (SSSR count). The van der Waals surface area contributed by atoms with Crippen molar-refractivity contribution in [2.75, 3.05) is 13.1 Å². The van der Waals surface area contributed by atoms with Gasteiger partial charge in [-0.2, -0.15) is 0 Å². The average Bonchev–Trinajstić information content (AvgIpc) is 2.61. The number of nitrogens with one attached hydrogen (secondary N) is 1. The quantitative estimate of drug-likeness (QED) is 0.843. The summed E-state index contributed by atoms with van der Waals surface area (Å²) >= 11 is 0. The van der Waals surface area contributed by atoms with Crippen LogP contribution in [0.5, 0.6) is 0 Å². The molecule has 0 aliphatic carbocycles. The van der Waals surface area contributed by atoms with Crippen LogP contribution in [-0.2, 0) is 9.59 Å². The molecule has 0 unspecified atom stereocenters. The number of hydrogen-bond donors (Lipinski definition) is 1. The standard InChI is InChI=1S/C21H26N2O2/c1-4-23(15-19(24)22-16(2)3)21(25)20(17-11-7-5-8-12-17)18-13-9-6-10-14-18/h5-14,16,20H,4,15H2,1-3H3,(H,22,24). The van der Waals surface area contributed by atoms with Gasteiger partial charge < -0.3 is 10.2 Å². The first-order valence-corrected chi connectivity index (χ1v) is 8.71. The number of rotatable bonds is 7. The minimum absolute atomic E-state index is 0.0559. The molecule has 2 aromatic carbocycles. The monoisotopic (exact) mass is 338 g/mol. The summed E-state index contributed by atoms with van der Waals surface area (Å²) in [6.45, 7) is 6.28. The molecular formula is C21H26N2O2. The van der Waals surface area contributed by atoms with Crippen molar-refractivity contribution >= 4 is 11.8 Å². The highest BCUT2D eigenvalue weighted by atomic mass is 16.2. The van der Waals surface area contributed by atoms with Crippen LogP contribution in [0.4, 0.5) is 0 Å². The summed E-state index contributed by atoms with van der Waals surface area (Å²) in [6, 6.07) is 19.5. The lowest BCUT2D eigenvalue weighted by Crippen LogP contribution is -2.44. The lowest BCUT2D eigenvalue weighted by molar-refractivity contribution is -0.136. The van der Waals surface area contributed by atoms with Crippen LogP contribution in [0, 0.1) is 0 Å². The van der Waals surface area contributed by atoms with Crippen LogP contribution in [0.3, 0.4) is 0 Å². The Labute approximate surface area is 149 Å². The molecule has 0 radical (unpaired) electrons. The van der Waals surface area contributed by atoms with Gasteiger partial charge in [0.05, 0.1) is 12.5 Å². The van der Waals surface area contributed by atoms with E-state index in [1.807, 2.05) is 81.4 Å². The molecule has 0 fully saturated rings. The molecule has 0 spiro atoms. The second-order valence-electron chi connectivity index (χ2n) is 6.33. The lowest BCUT2D eigenvalue weighted by atomic mass is 9.90. The Hall–Kier alpha value is -2.62. The number of benzene rings is 2. The molecule has 4 heteroatoms. The Bertz CT molecular complexity index is 644. The van der Waals surface area contributed by atoms with E-state index in [4.69, 9.17) is 0 Å². The maximum absolute atomic E-state index is 13.2. The number of amides is 2. The van der Waals surface area contributed by atoms with Gasteiger partial charge in [0.25, 0.3) is 0 Å². The van der Waals surface area contributed by atoms with E-state index in [1.165, 1.54) is 0 Å². The molecule has 2 aromatic rings. The van der Waals surface area contributed by atoms with Crippen LogP contribution in [-0.4, -0.2) is 35.8 Å². The Morgan fingerprint density at radius 3 is 1.80 bits per heavy atom. The van der Waals surface area contributed by atoms with Gasteiger partial charge in [-0.05, 0) is 31.9 Å². The van der Waals surface area contributed by atoms with Crippen molar-refractivity contribution in [3.8, 4) is 0 Å². The van der Waals surface area contributed by atoms with Crippen molar-refractivity contribution in [2.45, 2.75) is 32.7 Å². The van der Waals surface area contributed by atoms with Crippen LogP contribution in [0.25, 0.3) is 0 Å². The molecule has 4 nitrogen and oxygen atoms in total. The van der Waals surface area contributed by atoms with Crippen molar-refractivity contribution in [3.63, 3.8) is 0 Å². The predicted molar refractivity (Wildman–Crippen MR) is 100 cm³/mol. The van der Waals surface area contributed by atoms with E-state index in [2.05, 4.69) is 5.32 Å². The molecule has 132 valence electrons. The van der Waals surface area contributed by atoms with Crippen molar-refractivity contribution < 1.29 is 9.59 Å². The second kappa shape index (κ2) is 9.02. The SMILES string of the molecule is CCN(CC(=O)NC(C)C)C(=O)C(c1ccccc1)c1ccccc1. The van der Waals surface area contributed by atoms with Gasteiger partial charge in [-0.1, -0.05) is 60.7 Å². The van der Waals surface area contributed by atoms with Gasteiger partial charge in [0, 0.05) is 12.6 Å². The van der Waals surface area contributed by atoms with Gasteiger partial charge >= 0.3 is 0 Å². The first-order valence-electron chi connectivity index (χ1n) is 8.71. The first kappa shape index (κ1) is 18.7. The minimum atomic E-state index is -0.408. The summed E-state index contributed by atoms with van der Waals surface area (Å²) in [4.78, 5) is 27.0. The van der Waals surface area contributed by atoms with Crippen molar-refractivity contribution in [3.05, 3.63) is 71.8 Å². The molecule has 0 saturated heterocycles. The van der Waals surface area contributed by atoms with Crippen molar-refractivity contribution in [1.82, 2.24) is 10.2 Å². The van der Waals surface area contributed by atoms with E-state index >= 15 is 0 Å². The smallest absolute Gasteiger partial charge is 0.239 e.